The van der Waals surface area contributed by atoms with Gasteiger partial charge in [-0.3, -0.25) is 9.59 Å². The number of fused-ring (bicyclic) bond motifs is 1. The minimum atomic E-state index is -0.543. The number of carbonyl (C=O) groups excluding carboxylic acids is 2. The Hall–Kier alpha value is -3.26. The van der Waals surface area contributed by atoms with Crippen molar-refractivity contribution in [3.05, 3.63) is 42.0 Å². The molecule has 1 unspecified atom stereocenters. The molecular weight excluding hydrogens is 398 g/mol. The van der Waals surface area contributed by atoms with Crippen LogP contribution in [0.4, 0.5) is 11.4 Å². The van der Waals surface area contributed by atoms with Gasteiger partial charge < -0.3 is 29.3 Å². The molecule has 1 aliphatic heterocycles. The van der Waals surface area contributed by atoms with E-state index in [1.807, 2.05) is 14.1 Å². The fraction of sp³-hybridized carbons (Fsp3) is 0.391. The number of anilines is 2. The van der Waals surface area contributed by atoms with Crippen molar-refractivity contribution < 1.29 is 23.8 Å². The lowest BCUT2D eigenvalue weighted by atomic mass is 10.1. The van der Waals surface area contributed by atoms with Crippen LogP contribution in [0.5, 0.6) is 17.2 Å². The first-order valence-corrected chi connectivity index (χ1v) is 10.1. The third kappa shape index (κ3) is 5.08. The van der Waals surface area contributed by atoms with Gasteiger partial charge in [-0.2, -0.15) is 0 Å². The molecule has 1 N–H and O–H groups in total. The van der Waals surface area contributed by atoms with Crippen LogP contribution in [-0.2, 0) is 4.79 Å². The molecule has 2 aromatic rings. The van der Waals surface area contributed by atoms with Crippen molar-refractivity contribution in [2.24, 2.45) is 0 Å². The van der Waals surface area contributed by atoms with Gasteiger partial charge in [0.2, 0.25) is 0 Å². The molecule has 1 atom stereocenters. The number of amides is 2. The lowest BCUT2D eigenvalue weighted by Gasteiger charge is -2.33. The molecule has 0 radical (unpaired) electrons. The largest absolute Gasteiger partial charge is 0.493 e. The Morgan fingerprint density at radius 2 is 1.87 bits per heavy atom. The van der Waals surface area contributed by atoms with Gasteiger partial charge in [0.15, 0.2) is 17.6 Å². The highest BCUT2D eigenvalue weighted by atomic mass is 16.5. The lowest BCUT2D eigenvalue weighted by Crippen LogP contribution is -2.45. The molecule has 2 aromatic carbocycles. The summed E-state index contributed by atoms with van der Waals surface area (Å²) in [6.07, 6.45) is 0.284. The first kappa shape index (κ1) is 22.4. The zero-order valence-electron chi connectivity index (χ0n) is 18.6. The van der Waals surface area contributed by atoms with Crippen LogP contribution in [0.3, 0.4) is 0 Å². The Bertz CT molecular complexity index is 960. The van der Waals surface area contributed by atoms with Crippen LogP contribution in [0.2, 0.25) is 0 Å². The molecule has 1 heterocycles. The maximum atomic E-state index is 12.8. The Morgan fingerprint density at radius 1 is 1.13 bits per heavy atom. The Kier molecular flexibility index (Phi) is 7.02. The SMILES string of the molecule is COc1ccc(C(=O)Nc2ccc3c(c2)N(CCCN(C)C)C(=O)C(C)O3)cc1OC. The van der Waals surface area contributed by atoms with Crippen LogP contribution in [0.25, 0.3) is 0 Å². The van der Waals surface area contributed by atoms with E-state index in [2.05, 4.69) is 10.2 Å². The minimum absolute atomic E-state index is 0.0883. The summed E-state index contributed by atoms with van der Waals surface area (Å²) in [5, 5.41) is 2.88. The summed E-state index contributed by atoms with van der Waals surface area (Å²) in [6, 6.07) is 10.3. The van der Waals surface area contributed by atoms with E-state index in [0.29, 0.717) is 40.7 Å². The first-order chi connectivity index (χ1) is 14.8. The topological polar surface area (TPSA) is 80.3 Å². The van der Waals surface area contributed by atoms with Gasteiger partial charge in [-0.25, -0.2) is 0 Å². The first-order valence-electron chi connectivity index (χ1n) is 10.1. The second kappa shape index (κ2) is 9.70. The molecule has 0 saturated heterocycles. The molecule has 31 heavy (non-hydrogen) atoms. The van der Waals surface area contributed by atoms with Crippen LogP contribution in [-0.4, -0.2) is 64.2 Å². The number of rotatable bonds is 8. The predicted molar refractivity (Wildman–Crippen MR) is 120 cm³/mol. The van der Waals surface area contributed by atoms with E-state index in [9.17, 15) is 9.59 Å². The number of ether oxygens (including phenoxy) is 3. The van der Waals surface area contributed by atoms with Crippen molar-refractivity contribution >= 4 is 23.2 Å². The van der Waals surface area contributed by atoms with E-state index in [4.69, 9.17) is 14.2 Å². The number of methoxy groups -OCH3 is 2. The summed E-state index contributed by atoms with van der Waals surface area (Å²) in [4.78, 5) is 29.3. The summed E-state index contributed by atoms with van der Waals surface area (Å²) in [5.41, 5.74) is 1.66. The standard InChI is InChI=1S/C23H29N3O5/c1-15-23(28)26(12-6-11-25(2)3)18-14-17(8-10-19(18)31-15)24-22(27)16-7-9-20(29-4)21(13-16)30-5/h7-10,13-15H,6,11-12H2,1-5H3,(H,24,27). The van der Waals surface area contributed by atoms with E-state index in [-0.39, 0.29) is 11.8 Å². The Balaban J connectivity index is 1.82. The lowest BCUT2D eigenvalue weighted by molar-refractivity contribution is -0.125. The smallest absolute Gasteiger partial charge is 0.267 e. The van der Waals surface area contributed by atoms with Crippen molar-refractivity contribution in [2.75, 3.05) is 51.6 Å². The Labute approximate surface area is 182 Å². The molecule has 8 nitrogen and oxygen atoms in total. The zero-order chi connectivity index (χ0) is 22.5. The summed E-state index contributed by atoms with van der Waals surface area (Å²) < 4.78 is 16.2. The highest BCUT2D eigenvalue weighted by Gasteiger charge is 2.31. The molecule has 166 valence electrons. The van der Waals surface area contributed by atoms with E-state index >= 15 is 0 Å². The third-order valence-electron chi connectivity index (χ3n) is 5.06. The van der Waals surface area contributed by atoms with Gasteiger partial charge in [0, 0.05) is 17.8 Å². The maximum absolute atomic E-state index is 12.8. The molecule has 0 fully saturated rings. The van der Waals surface area contributed by atoms with Gasteiger partial charge in [-0.05, 0) is 70.4 Å². The average Bonchev–Trinajstić information content (AvgIpc) is 2.76. The number of nitrogens with one attached hydrogen (secondary N) is 1. The van der Waals surface area contributed by atoms with Gasteiger partial charge in [0.1, 0.15) is 5.75 Å². The van der Waals surface area contributed by atoms with Crippen LogP contribution in [0.15, 0.2) is 36.4 Å². The summed E-state index contributed by atoms with van der Waals surface area (Å²) in [6.45, 7) is 3.19. The van der Waals surface area contributed by atoms with Gasteiger partial charge in [0.05, 0.1) is 19.9 Å². The third-order valence-corrected chi connectivity index (χ3v) is 5.06. The summed E-state index contributed by atoms with van der Waals surface area (Å²) in [7, 11) is 7.06. The van der Waals surface area contributed by atoms with Crippen molar-refractivity contribution in [3.63, 3.8) is 0 Å². The highest BCUT2D eigenvalue weighted by Crippen LogP contribution is 2.36. The molecule has 2 amide bonds. The average molecular weight is 428 g/mol. The van der Waals surface area contributed by atoms with E-state index < -0.39 is 6.10 Å². The van der Waals surface area contributed by atoms with Crippen LogP contribution >= 0.6 is 0 Å². The molecule has 0 saturated carbocycles. The van der Waals surface area contributed by atoms with Crippen LogP contribution in [0, 0.1) is 0 Å². The predicted octanol–water partition coefficient (Wildman–Crippen LogP) is 3.02. The minimum Gasteiger partial charge on any atom is -0.493 e. The van der Waals surface area contributed by atoms with Gasteiger partial charge in [-0.1, -0.05) is 0 Å². The fourth-order valence-corrected chi connectivity index (χ4v) is 3.44. The fourth-order valence-electron chi connectivity index (χ4n) is 3.44. The molecule has 0 spiro atoms. The highest BCUT2D eigenvalue weighted by molar-refractivity contribution is 6.06. The van der Waals surface area contributed by atoms with Gasteiger partial charge in [-0.15, -0.1) is 0 Å². The molecular formula is C23H29N3O5. The zero-order valence-corrected chi connectivity index (χ0v) is 18.6. The quantitative estimate of drug-likeness (QED) is 0.698. The van der Waals surface area contributed by atoms with Crippen molar-refractivity contribution in [2.45, 2.75) is 19.4 Å². The van der Waals surface area contributed by atoms with Crippen molar-refractivity contribution in [1.82, 2.24) is 4.90 Å². The molecule has 8 heteroatoms. The molecule has 1 aliphatic rings. The van der Waals surface area contributed by atoms with Gasteiger partial charge >= 0.3 is 0 Å². The second-order valence-electron chi connectivity index (χ2n) is 7.61. The molecule has 0 aliphatic carbocycles. The van der Waals surface area contributed by atoms with E-state index in [1.54, 1.807) is 55.3 Å². The molecule has 0 aromatic heterocycles. The normalized spacial score (nSPS) is 15.4. The summed E-state index contributed by atoms with van der Waals surface area (Å²) >= 11 is 0. The number of carbonyl (C=O) groups is 2. The van der Waals surface area contributed by atoms with E-state index in [0.717, 1.165) is 13.0 Å². The number of benzene rings is 2. The maximum Gasteiger partial charge on any atom is 0.267 e. The van der Waals surface area contributed by atoms with Crippen molar-refractivity contribution in [1.29, 1.82) is 0 Å². The van der Waals surface area contributed by atoms with Gasteiger partial charge in [0.25, 0.3) is 11.8 Å². The number of hydrogen-bond donors (Lipinski definition) is 1. The molecule has 0 bridgehead atoms. The monoisotopic (exact) mass is 427 g/mol. The number of hydrogen-bond acceptors (Lipinski definition) is 6. The number of nitrogens with zero attached hydrogens (tertiary/aromatic N) is 2. The van der Waals surface area contributed by atoms with Crippen LogP contribution in [0.1, 0.15) is 23.7 Å². The molecule has 3 rings (SSSR count). The summed E-state index contributed by atoms with van der Waals surface area (Å²) in [5.74, 6) is 1.26. The van der Waals surface area contributed by atoms with Crippen molar-refractivity contribution in [3.8, 4) is 17.2 Å². The second-order valence-corrected chi connectivity index (χ2v) is 7.61. The van der Waals surface area contributed by atoms with E-state index in [1.165, 1.54) is 7.11 Å². The van der Waals surface area contributed by atoms with Crippen LogP contribution < -0.4 is 24.4 Å². The Morgan fingerprint density at radius 3 is 2.55 bits per heavy atom.